The summed E-state index contributed by atoms with van der Waals surface area (Å²) in [4.78, 5) is 12.9. The number of hydrogen-bond donors (Lipinski definition) is 1. The third-order valence-electron chi connectivity index (χ3n) is 9.50. The van der Waals surface area contributed by atoms with Gasteiger partial charge in [-0.2, -0.15) is 0 Å². The summed E-state index contributed by atoms with van der Waals surface area (Å²) in [5.41, 5.74) is 5.22. The molecule has 0 saturated heterocycles. The lowest BCUT2D eigenvalue weighted by atomic mass is 9.88. The van der Waals surface area contributed by atoms with Gasteiger partial charge in [0.2, 0.25) is 0 Å². The SMILES string of the molecule is CC(NCCC(c1ccccc1)c1ccccc1)c1ccccc1.COc1ccc(-c2c(OC)c3c(OC)c4c(cc3oc2=O)OC(C)(C)C=C4)cc1.Cl. The van der Waals surface area contributed by atoms with Crippen molar-refractivity contribution in [3.8, 4) is 34.1 Å². The number of methoxy groups -OCH3 is 3. The minimum Gasteiger partial charge on any atom is -0.497 e. The average Bonchev–Trinajstić information content (AvgIpc) is 3.19. The van der Waals surface area contributed by atoms with Gasteiger partial charge in [-0.15, -0.1) is 12.4 Å². The van der Waals surface area contributed by atoms with Crippen LogP contribution in [0.3, 0.4) is 0 Å². The van der Waals surface area contributed by atoms with Crippen molar-refractivity contribution in [3.63, 3.8) is 0 Å². The highest BCUT2D eigenvalue weighted by atomic mass is 35.5. The highest BCUT2D eigenvalue weighted by Gasteiger charge is 2.29. The van der Waals surface area contributed by atoms with Crippen LogP contribution in [0.25, 0.3) is 28.2 Å². The first-order valence-corrected chi connectivity index (χ1v) is 17.9. The molecule has 7 nitrogen and oxygen atoms in total. The summed E-state index contributed by atoms with van der Waals surface area (Å²) in [6, 6.07) is 41.5. The third-order valence-corrected chi connectivity index (χ3v) is 9.50. The highest BCUT2D eigenvalue weighted by molar-refractivity contribution is 5.99. The van der Waals surface area contributed by atoms with Crippen molar-refractivity contribution in [2.24, 2.45) is 0 Å². The normalized spacial score (nSPS) is 13.1. The molecule has 1 N–H and O–H groups in total. The molecule has 0 saturated carbocycles. The summed E-state index contributed by atoms with van der Waals surface area (Å²) < 4.78 is 28.3. The van der Waals surface area contributed by atoms with Crippen LogP contribution in [-0.4, -0.2) is 33.5 Å². The van der Waals surface area contributed by atoms with Crippen molar-refractivity contribution >= 4 is 29.5 Å². The van der Waals surface area contributed by atoms with Crippen molar-refractivity contribution in [1.29, 1.82) is 0 Å². The lowest BCUT2D eigenvalue weighted by Crippen LogP contribution is -2.27. The van der Waals surface area contributed by atoms with Crippen LogP contribution in [-0.2, 0) is 0 Å². The Labute approximate surface area is 324 Å². The molecule has 1 aromatic heterocycles. The predicted molar refractivity (Wildman–Crippen MR) is 221 cm³/mol. The largest absolute Gasteiger partial charge is 0.497 e. The second-order valence-corrected chi connectivity index (χ2v) is 13.5. The number of benzene rings is 5. The summed E-state index contributed by atoms with van der Waals surface area (Å²) >= 11 is 0. The Kier molecular flexibility index (Phi) is 13.2. The Morgan fingerprint density at radius 3 is 1.81 bits per heavy atom. The molecule has 0 aliphatic carbocycles. The molecule has 0 amide bonds. The van der Waals surface area contributed by atoms with Crippen LogP contribution < -0.4 is 29.9 Å². The fourth-order valence-electron chi connectivity index (χ4n) is 6.76. The van der Waals surface area contributed by atoms with Crippen LogP contribution in [0.2, 0.25) is 0 Å². The summed E-state index contributed by atoms with van der Waals surface area (Å²) in [7, 11) is 4.68. The number of hydrogen-bond acceptors (Lipinski definition) is 7. The predicted octanol–water partition coefficient (Wildman–Crippen LogP) is 10.7. The van der Waals surface area contributed by atoms with E-state index in [2.05, 4.69) is 103 Å². The summed E-state index contributed by atoms with van der Waals surface area (Å²) in [5, 5.41) is 4.24. The van der Waals surface area contributed by atoms with Crippen LogP contribution in [0.5, 0.6) is 23.0 Å². The number of nitrogens with one attached hydrogen (secondary N) is 1. The Bertz CT molecular complexity index is 2160. The fraction of sp³-hybridized carbons (Fsp3) is 0.239. The Morgan fingerprint density at radius 2 is 1.28 bits per heavy atom. The van der Waals surface area contributed by atoms with Crippen LogP contribution in [0.15, 0.2) is 137 Å². The summed E-state index contributed by atoms with van der Waals surface area (Å²) in [6.07, 6.45) is 5.00. The maximum absolute atomic E-state index is 12.9. The van der Waals surface area contributed by atoms with Gasteiger partial charge in [0.05, 0.1) is 26.9 Å². The molecule has 0 fully saturated rings. The zero-order valence-corrected chi connectivity index (χ0v) is 32.4. The lowest BCUT2D eigenvalue weighted by molar-refractivity contribution is 0.158. The third kappa shape index (κ3) is 8.99. The average molecular weight is 746 g/mol. The molecule has 1 aliphatic heterocycles. The molecule has 54 heavy (non-hydrogen) atoms. The van der Waals surface area contributed by atoms with Gasteiger partial charge in [0.15, 0.2) is 0 Å². The van der Waals surface area contributed by atoms with E-state index in [1.54, 1.807) is 44.6 Å². The molecular weight excluding hydrogens is 698 g/mol. The Morgan fingerprint density at radius 1 is 0.722 bits per heavy atom. The molecule has 6 aromatic rings. The van der Waals surface area contributed by atoms with Crippen LogP contribution in [0, 0.1) is 0 Å². The van der Waals surface area contributed by atoms with Gasteiger partial charge in [0, 0.05) is 18.0 Å². The lowest BCUT2D eigenvalue weighted by Gasteiger charge is -2.29. The molecule has 2 heterocycles. The Hall–Kier alpha value is -5.50. The molecule has 5 aromatic carbocycles. The zero-order valence-electron chi connectivity index (χ0n) is 31.6. The molecule has 280 valence electrons. The molecule has 1 unspecified atom stereocenters. The number of rotatable bonds is 11. The van der Waals surface area contributed by atoms with Crippen LogP contribution >= 0.6 is 12.4 Å². The Balaban J connectivity index is 0.000000208. The van der Waals surface area contributed by atoms with E-state index in [0.717, 1.165) is 18.5 Å². The van der Waals surface area contributed by atoms with Crippen molar-refractivity contribution < 1.29 is 23.4 Å². The molecule has 0 radical (unpaired) electrons. The molecule has 1 aliphatic rings. The van der Waals surface area contributed by atoms with Crippen molar-refractivity contribution in [3.05, 3.63) is 160 Å². The van der Waals surface area contributed by atoms with E-state index in [1.807, 2.05) is 26.0 Å². The van der Waals surface area contributed by atoms with E-state index in [0.29, 0.717) is 57.1 Å². The minimum absolute atomic E-state index is 0. The second-order valence-electron chi connectivity index (χ2n) is 13.5. The first-order chi connectivity index (χ1) is 25.7. The van der Waals surface area contributed by atoms with E-state index in [1.165, 1.54) is 23.8 Å². The fourth-order valence-corrected chi connectivity index (χ4v) is 6.76. The smallest absolute Gasteiger partial charge is 0.347 e. The van der Waals surface area contributed by atoms with E-state index in [-0.39, 0.29) is 12.4 Å². The van der Waals surface area contributed by atoms with E-state index in [9.17, 15) is 4.79 Å². The first-order valence-electron chi connectivity index (χ1n) is 17.9. The standard InChI is InChI=1S/C23H25N.C23H22O6.ClH/c1-19(20-11-5-2-6-12-20)24-18-17-23(21-13-7-3-8-14-21)22-15-9-4-10-16-22;1-23(2)11-10-15-16(29-23)12-17-19(20(15)26-4)21(27-5)18(22(24)28-17)13-6-8-14(25-3)9-7-13;/h2-16,19,23-24H,17-18H2,1H3;6-12H,1-5H3;1H. The molecule has 1 atom stereocenters. The molecule has 0 bridgehead atoms. The van der Waals surface area contributed by atoms with Gasteiger partial charge in [-0.3, -0.25) is 0 Å². The van der Waals surface area contributed by atoms with Crippen molar-refractivity contribution in [1.82, 2.24) is 5.32 Å². The van der Waals surface area contributed by atoms with Crippen molar-refractivity contribution in [2.75, 3.05) is 27.9 Å². The summed E-state index contributed by atoms with van der Waals surface area (Å²) in [5.74, 6) is 2.63. The molecular formula is C46H48ClNO6. The zero-order chi connectivity index (χ0) is 37.4. The van der Waals surface area contributed by atoms with Gasteiger partial charge in [-0.05, 0) is 80.3 Å². The maximum atomic E-state index is 12.9. The molecule has 7 rings (SSSR count). The minimum atomic E-state index is -0.507. The highest BCUT2D eigenvalue weighted by Crippen LogP contribution is 2.47. The second kappa shape index (κ2) is 18.0. The summed E-state index contributed by atoms with van der Waals surface area (Å²) in [6.45, 7) is 7.12. The first kappa shape index (κ1) is 39.7. The quantitative estimate of drug-likeness (QED) is 0.132. The van der Waals surface area contributed by atoms with Gasteiger partial charge in [-0.1, -0.05) is 103 Å². The maximum Gasteiger partial charge on any atom is 0.347 e. The van der Waals surface area contributed by atoms with Crippen LogP contribution in [0.4, 0.5) is 0 Å². The van der Waals surface area contributed by atoms with Crippen LogP contribution in [0.1, 0.15) is 61.4 Å². The molecule has 8 heteroatoms. The number of halogens is 1. The van der Waals surface area contributed by atoms with Gasteiger partial charge < -0.3 is 28.7 Å². The van der Waals surface area contributed by atoms with Gasteiger partial charge >= 0.3 is 5.63 Å². The number of fused-ring (bicyclic) bond motifs is 2. The van der Waals surface area contributed by atoms with E-state index < -0.39 is 11.2 Å². The van der Waals surface area contributed by atoms with E-state index >= 15 is 0 Å². The monoisotopic (exact) mass is 745 g/mol. The van der Waals surface area contributed by atoms with Gasteiger partial charge in [0.1, 0.15) is 45.1 Å². The van der Waals surface area contributed by atoms with Gasteiger partial charge in [-0.25, -0.2) is 4.79 Å². The number of ether oxygens (including phenoxy) is 4. The molecule has 0 spiro atoms. The topological polar surface area (TPSA) is 79.2 Å². The van der Waals surface area contributed by atoms with Gasteiger partial charge in [0.25, 0.3) is 0 Å². The van der Waals surface area contributed by atoms with Crippen molar-refractivity contribution in [2.45, 2.75) is 44.8 Å². The van der Waals surface area contributed by atoms with E-state index in [4.69, 9.17) is 23.4 Å².